The number of benzene rings is 1. The van der Waals surface area contributed by atoms with Gasteiger partial charge in [0.25, 0.3) is 0 Å². The molecular formula is C14H19NO. The summed E-state index contributed by atoms with van der Waals surface area (Å²) in [5.74, 6) is 0. The number of aliphatic hydroxyl groups is 1. The Morgan fingerprint density at radius 1 is 1.19 bits per heavy atom. The molecule has 1 aliphatic rings. The topological polar surface area (TPSA) is 23.5 Å². The fraction of sp³-hybridized carbons (Fsp3) is 0.429. The van der Waals surface area contributed by atoms with Crippen molar-refractivity contribution in [2.75, 3.05) is 20.1 Å². The first-order valence-electron chi connectivity index (χ1n) is 5.83. The lowest BCUT2D eigenvalue weighted by Gasteiger charge is -2.34. The Balaban J connectivity index is 2.01. The average Bonchev–Trinajstić information content (AvgIpc) is 2.33. The van der Waals surface area contributed by atoms with Gasteiger partial charge in [-0.2, -0.15) is 0 Å². The van der Waals surface area contributed by atoms with E-state index in [1.54, 1.807) is 0 Å². The van der Waals surface area contributed by atoms with E-state index in [0.717, 1.165) is 31.5 Å². The average molecular weight is 217 g/mol. The van der Waals surface area contributed by atoms with Gasteiger partial charge in [0, 0.05) is 13.1 Å². The molecule has 1 heterocycles. The van der Waals surface area contributed by atoms with Gasteiger partial charge in [0.1, 0.15) is 0 Å². The molecule has 0 amide bonds. The normalized spacial score (nSPS) is 21.4. The molecule has 1 saturated heterocycles. The molecule has 1 aromatic carbocycles. The maximum Gasteiger partial charge on any atom is 0.0855 e. The molecular weight excluding hydrogens is 198 g/mol. The van der Waals surface area contributed by atoms with Crippen LogP contribution in [0, 0.1) is 0 Å². The van der Waals surface area contributed by atoms with Crippen LogP contribution in [0.5, 0.6) is 0 Å². The number of piperidine rings is 1. The van der Waals surface area contributed by atoms with Crippen LogP contribution in [0.1, 0.15) is 18.4 Å². The van der Waals surface area contributed by atoms with Crippen molar-refractivity contribution in [3.63, 3.8) is 0 Å². The van der Waals surface area contributed by atoms with Crippen LogP contribution < -0.4 is 0 Å². The van der Waals surface area contributed by atoms with Gasteiger partial charge in [-0.3, -0.25) is 0 Å². The number of nitrogens with zero attached hydrogens (tertiary/aromatic N) is 1. The van der Waals surface area contributed by atoms with Gasteiger partial charge in [0.15, 0.2) is 0 Å². The standard InChI is InChI=1S/C14H19NO/c1-15-11-9-14(16,10-12-15)8-7-13-5-3-2-4-6-13/h2-8,16H,9-12H2,1H3/b8-7-. The maximum absolute atomic E-state index is 10.3. The summed E-state index contributed by atoms with van der Waals surface area (Å²) >= 11 is 0. The Morgan fingerprint density at radius 2 is 1.81 bits per heavy atom. The smallest absolute Gasteiger partial charge is 0.0855 e. The van der Waals surface area contributed by atoms with Gasteiger partial charge in [-0.1, -0.05) is 42.5 Å². The molecule has 0 aliphatic carbocycles. The van der Waals surface area contributed by atoms with Gasteiger partial charge in [-0.15, -0.1) is 0 Å². The number of hydrogen-bond acceptors (Lipinski definition) is 2. The van der Waals surface area contributed by atoms with Crippen LogP contribution in [0.15, 0.2) is 36.4 Å². The van der Waals surface area contributed by atoms with Crippen molar-refractivity contribution < 1.29 is 5.11 Å². The minimum atomic E-state index is -0.609. The molecule has 0 spiro atoms. The highest BCUT2D eigenvalue weighted by molar-refractivity contribution is 5.50. The molecule has 1 N–H and O–H groups in total. The summed E-state index contributed by atoms with van der Waals surface area (Å²) in [6.45, 7) is 1.94. The largest absolute Gasteiger partial charge is 0.386 e. The van der Waals surface area contributed by atoms with E-state index in [-0.39, 0.29) is 0 Å². The molecule has 1 aromatic rings. The van der Waals surface area contributed by atoms with Crippen molar-refractivity contribution in [1.29, 1.82) is 0 Å². The number of hydrogen-bond donors (Lipinski definition) is 1. The summed E-state index contributed by atoms with van der Waals surface area (Å²) < 4.78 is 0. The molecule has 2 rings (SSSR count). The van der Waals surface area contributed by atoms with E-state index < -0.39 is 5.60 Å². The Kier molecular flexibility index (Phi) is 3.42. The predicted molar refractivity (Wildman–Crippen MR) is 67.2 cm³/mol. The van der Waals surface area contributed by atoms with Crippen molar-refractivity contribution in [3.05, 3.63) is 42.0 Å². The minimum absolute atomic E-state index is 0.609. The van der Waals surface area contributed by atoms with Gasteiger partial charge in [-0.05, 0) is 25.5 Å². The third-order valence-corrected chi connectivity index (χ3v) is 3.24. The lowest BCUT2D eigenvalue weighted by atomic mass is 9.91. The highest BCUT2D eigenvalue weighted by atomic mass is 16.3. The number of likely N-dealkylation sites (tertiary alicyclic amines) is 1. The number of rotatable bonds is 2. The van der Waals surface area contributed by atoms with E-state index in [2.05, 4.69) is 24.1 Å². The molecule has 1 aliphatic heterocycles. The van der Waals surface area contributed by atoms with Crippen molar-refractivity contribution in [2.45, 2.75) is 18.4 Å². The van der Waals surface area contributed by atoms with E-state index in [4.69, 9.17) is 0 Å². The van der Waals surface area contributed by atoms with Gasteiger partial charge in [0.2, 0.25) is 0 Å². The van der Waals surface area contributed by atoms with E-state index in [1.165, 1.54) is 0 Å². The SMILES string of the molecule is CN1CCC(O)(/C=C\c2ccccc2)CC1. The van der Waals surface area contributed by atoms with Crippen LogP contribution in [0.2, 0.25) is 0 Å². The van der Waals surface area contributed by atoms with Crippen LogP contribution in [0.25, 0.3) is 6.08 Å². The van der Waals surface area contributed by atoms with Crippen LogP contribution in [0.3, 0.4) is 0 Å². The third kappa shape index (κ3) is 2.94. The second-order valence-electron chi connectivity index (χ2n) is 4.65. The van der Waals surface area contributed by atoms with Crippen molar-refractivity contribution in [2.24, 2.45) is 0 Å². The van der Waals surface area contributed by atoms with Crippen LogP contribution in [0.4, 0.5) is 0 Å². The van der Waals surface area contributed by atoms with Gasteiger partial charge >= 0.3 is 0 Å². The van der Waals surface area contributed by atoms with Crippen LogP contribution in [-0.4, -0.2) is 35.7 Å². The molecule has 0 saturated carbocycles. The lowest BCUT2D eigenvalue weighted by Crippen LogP contribution is -2.41. The monoisotopic (exact) mass is 217 g/mol. The van der Waals surface area contributed by atoms with E-state index in [0.29, 0.717) is 0 Å². The molecule has 0 radical (unpaired) electrons. The van der Waals surface area contributed by atoms with Crippen LogP contribution >= 0.6 is 0 Å². The molecule has 2 nitrogen and oxygen atoms in total. The fourth-order valence-electron chi connectivity index (χ4n) is 1.99. The summed E-state index contributed by atoms with van der Waals surface area (Å²) in [5, 5.41) is 10.3. The van der Waals surface area contributed by atoms with Crippen molar-refractivity contribution in [1.82, 2.24) is 4.90 Å². The molecule has 0 atom stereocenters. The highest BCUT2D eigenvalue weighted by Gasteiger charge is 2.27. The zero-order chi connectivity index (χ0) is 11.4. The third-order valence-electron chi connectivity index (χ3n) is 3.24. The van der Waals surface area contributed by atoms with Gasteiger partial charge in [-0.25, -0.2) is 0 Å². The second-order valence-corrected chi connectivity index (χ2v) is 4.65. The zero-order valence-corrected chi connectivity index (χ0v) is 9.76. The van der Waals surface area contributed by atoms with Gasteiger partial charge < -0.3 is 10.0 Å². The summed E-state index contributed by atoms with van der Waals surface area (Å²) in [5.41, 5.74) is 0.539. The maximum atomic E-state index is 10.3. The first kappa shape index (κ1) is 11.4. The van der Waals surface area contributed by atoms with Gasteiger partial charge in [0.05, 0.1) is 5.60 Å². The Bertz CT molecular complexity index is 350. The Labute approximate surface area is 97.2 Å². The predicted octanol–water partition coefficient (Wildman–Crippen LogP) is 2.16. The molecule has 16 heavy (non-hydrogen) atoms. The van der Waals surface area contributed by atoms with E-state index in [9.17, 15) is 5.11 Å². The molecule has 0 bridgehead atoms. The molecule has 1 fully saturated rings. The lowest BCUT2D eigenvalue weighted by molar-refractivity contribution is 0.0272. The Hall–Kier alpha value is -1.12. The van der Waals surface area contributed by atoms with E-state index >= 15 is 0 Å². The Morgan fingerprint density at radius 3 is 2.44 bits per heavy atom. The minimum Gasteiger partial charge on any atom is -0.386 e. The zero-order valence-electron chi connectivity index (χ0n) is 9.76. The highest BCUT2D eigenvalue weighted by Crippen LogP contribution is 2.23. The fourth-order valence-corrected chi connectivity index (χ4v) is 1.99. The summed E-state index contributed by atoms with van der Waals surface area (Å²) in [6.07, 6.45) is 5.63. The summed E-state index contributed by atoms with van der Waals surface area (Å²) in [6, 6.07) is 10.1. The van der Waals surface area contributed by atoms with Crippen molar-refractivity contribution >= 4 is 6.08 Å². The summed E-state index contributed by atoms with van der Waals surface area (Å²) in [7, 11) is 2.10. The quantitative estimate of drug-likeness (QED) is 0.820. The van der Waals surface area contributed by atoms with Crippen molar-refractivity contribution in [3.8, 4) is 0 Å². The molecule has 2 heteroatoms. The first-order valence-corrected chi connectivity index (χ1v) is 5.83. The first-order chi connectivity index (χ1) is 7.68. The summed E-state index contributed by atoms with van der Waals surface area (Å²) in [4.78, 5) is 2.25. The molecule has 86 valence electrons. The van der Waals surface area contributed by atoms with Crippen LogP contribution in [-0.2, 0) is 0 Å². The second kappa shape index (κ2) is 4.81. The molecule has 0 unspecified atom stereocenters. The van der Waals surface area contributed by atoms with E-state index in [1.807, 2.05) is 30.4 Å². The molecule has 0 aromatic heterocycles.